The summed E-state index contributed by atoms with van der Waals surface area (Å²) >= 11 is 0. The van der Waals surface area contributed by atoms with Gasteiger partial charge in [0, 0.05) is 11.1 Å². The van der Waals surface area contributed by atoms with Crippen LogP contribution < -0.4 is 10.1 Å². The number of aromatic nitrogens is 3. The molecule has 3 aromatic carbocycles. The van der Waals surface area contributed by atoms with Crippen LogP contribution in [0, 0.1) is 0 Å². The number of nitrogens with zero attached hydrogens (tertiary/aromatic N) is 3. The van der Waals surface area contributed by atoms with Crippen molar-refractivity contribution in [2.45, 2.75) is 12.1 Å². The number of esters is 1. The fourth-order valence-electron chi connectivity index (χ4n) is 4.56. The maximum absolute atomic E-state index is 11.9. The molecule has 0 bridgehead atoms. The van der Waals surface area contributed by atoms with Crippen molar-refractivity contribution in [2.75, 3.05) is 12.4 Å². The number of carbonyl (C=O) groups excluding carboxylic acids is 1. The molecule has 7 heteroatoms. The summed E-state index contributed by atoms with van der Waals surface area (Å²) in [5.74, 6) is 1.09. The van der Waals surface area contributed by atoms with Crippen LogP contribution in [-0.4, -0.2) is 27.8 Å². The number of anilines is 1. The topological polar surface area (TPSA) is 78.3 Å². The second-order valence-electron chi connectivity index (χ2n) is 7.90. The SMILES string of the molecule is COC(=O)c1ccc([C@H]2Oc3ccccc3C3=C2[C@H](c2ccccc2)n2ncnc2N3)cc1. The number of rotatable bonds is 3. The van der Waals surface area contributed by atoms with Gasteiger partial charge < -0.3 is 14.8 Å². The summed E-state index contributed by atoms with van der Waals surface area (Å²) in [5.41, 5.74) is 5.47. The number of para-hydroxylation sites is 1. The molecule has 4 aromatic rings. The Bertz CT molecular complexity index is 1380. The highest BCUT2D eigenvalue weighted by atomic mass is 16.5. The Morgan fingerprint density at radius 3 is 2.52 bits per heavy atom. The molecule has 0 aliphatic carbocycles. The largest absolute Gasteiger partial charge is 0.480 e. The maximum atomic E-state index is 11.9. The normalized spacial score (nSPS) is 18.3. The van der Waals surface area contributed by atoms with Gasteiger partial charge in [-0.05, 0) is 35.4 Å². The average Bonchev–Trinajstić information content (AvgIpc) is 3.35. The number of fused-ring (bicyclic) bond motifs is 3. The fraction of sp³-hybridized carbons (Fsp3) is 0.115. The predicted molar refractivity (Wildman–Crippen MR) is 123 cm³/mol. The molecule has 0 spiro atoms. The van der Waals surface area contributed by atoms with Crippen LogP contribution >= 0.6 is 0 Å². The van der Waals surface area contributed by atoms with Crippen molar-refractivity contribution in [1.29, 1.82) is 0 Å². The van der Waals surface area contributed by atoms with Crippen molar-refractivity contribution in [1.82, 2.24) is 14.8 Å². The van der Waals surface area contributed by atoms with E-state index in [1.165, 1.54) is 7.11 Å². The summed E-state index contributed by atoms with van der Waals surface area (Å²) in [6, 6.07) is 25.3. The van der Waals surface area contributed by atoms with Crippen LogP contribution in [0.15, 0.2) is 90.8 Å². The molecule has 1 aromatic heterocycles. The molecule has 0 unspecified atom stereocenters. The molecule has 0 radical (unpaired) electrons. The Morgan fingerprint density at radius 2 is 1.73 bits per heavy atom. The number of ether oxygens (including phenoxy) is 2. The molecule has 0 amide bonds. The van der Waals surface area contributed by atoms with Gasteiger partial charge in [0.15, 0.2) is 0 Å². The highest BCUT2D eigenvalue weighted by molar-refractivity contribution is 5.89. The van der Waals surface area contributed by atoms with Crippen LogP contribution in [0.4, 0.5) is 5.95 Å². The molecule has 6 rings (SSSR count). The second kappa shape index (κ2) is 7.63. The van der Waals surface area contributed by atoms with Crippen molar-refractivity contribution in [2.24, 2.45) is 0 Å². The molecule has 0 fully saturated rings. The van der Waals surface area contributed by atoms with Crippen LogP contribution in [0.2, 0.25) is 0 Å². The second-order valence-corrected chi connectivity index (χ2v) is 7.90. The molecule has 3 heterocycles. The van der Waals surface area contributed by atoms with Gasteiger partial charge in [0.05, 0.1) is 18.4 Å². The van der Waals surface area contributed by atoms with Gasteiger partial charge in [0.25, 0.3) is 0 Å². The van der Waals surface area contributed by atoms with E-state index >= 15 is 0 Å². The lowest BCUT2D eigenvalue weighted by Gasteiger charge is -2.39. The van der Waals surface area contributed by atoms with Gasteiger partial charge in [-0.25, -0.2) is 9.48 Å². The first-order valence-corrected chi connectivity index (χ1v) is 10.6. The van der Waals surface area contributed by atoms with Crippen molar-refractivity contribution >= 4 is 17.6 Å². The highest BCUT2D eigenvalue weighted by Gasteiger charge is 2.40. The highest BCUT2D eigenvalue weighted by Crippen LogP contribution is 2.50. The monoisotopic (exact) mass is 436 g/mol. The Balaban J connectivity index is 1.56. The third-order valence-electron chi connectivity index (χ3n) is 6.07. The van der Waals surface area contributed by atoms with Gasteiger partial charge in [-0.1, -0.05) is 54.6 Å². The van der Waals surface area contributed by atoms with Crippen molar-refractivity contribution in [3.8, 4) is 5.75 Å². The molecular weight excluding hydrogens is 416 g/mol. The summed E-state index contributed by atoms with van der Waals surface area (Å²) < 4.78 is 13.3. The lowest BCUT2D eigenvalue weighted by Crippen LogP contribution is -2.32. The third-order valence-corrected chi connectivity index (χ3v) is 6.07. The molecule has 2 aliphatic rings. The third kappa shape index (κ3) is 3.09. The molecule has 1 N–H and O–H groups in total. The standard InChI is InChI=1S/C26H20N4O3/c1-32-25(31)18-13-11-17(12-14-18)24-21-22(19-9-5-6-10-20(19)33-24)29-26-27-15-28-30(26)23(21)16-7-3-2-4-8-16/h2-15,23-24H,1H3,(H,27,28,29)/t23-,24+/m0/s1. The van der Waals surface area contributed by atoms with E-state index in [2.05, 4.69) is 27.5 Å². The molecule has 0 saturated heterocycles. The Labute approximate surface area is 190 Å². The number of carbonyl (C=O) groups is 1. The molecule has 2 aliphatic heterocycles. The Morgan fingerprint density at radius 1 is 0.970 bits per heavy atom. The Hall–Kier alpha value is -4.39. The minimum atomic E-state index is -0.392. The smallest absolute Gasteiger partial charge is 0.337 e. The summed E-state index contributed by atoms with van der Waals surface area (Å²) in [7, 11) is 1.38. The quantitative estimate of drug-likeness (QED) is 0.472. The van der Waals surface area contributed by atoms with Crippen molar-refractivity contribution in [3.05, 3.63) is 113 Å². The summed E-state index contributed by atoms with van der Waals surface area (Å²) in [4.78, 5) is 16.4. The van der Waals surface area contributed by atoms with E-state index in [0.29, 0.717) is 11.5 Å². The lowest BCUT2D eigenvalue weighted by atomic mass is 9.84. The lowest BCUT2D eigenvalue weighted by molar-refractivity contribution is 0.0600. The number of methoxy groups -OCH3 is 1. The van der Waals surface area contributed by atoms with E-state index in [4.69, 9.17) is 9.47 Å². The van der Waals surface area contributed by atoms with Crippen LogP contribution in [0.1, 0.15) is 39.2 Å². The summed E-state index contributed by atoms with van der Waals surface area (Å²) in [6.45, 7) is 0. The maximum Gasteiger partial charge on any atom is 0.337 e. The van der Waals surface area contributed by atoms with E-state index in [0.717, 1.165) is 33.7 Å². The summed E-state index contributed by atoms with van der Waals surface area (Å²) in [6.07, 6.45) is 1.17. The van der Waals surface area contributed by atoms with Crippen molar-refractivity contribution in [3.63, 3.8) is 0 Å². The zero-order chi connectivity index (χ0) is 22.4. The molecule has 162 valence electrons. The van der Waals surface area contributed by atoms with E-state index in [-0.39, 0.29) is 12.0 Å². The van der Waals surface area contributed by atoms with Gasteiger partial charge >= 0.3 is 5.97 Å². The van der Waals surface area contributed by atoms with E-state index in [9.17, 15) is 4.79 Å². The zero-order valence-electron chi connectivity index (χ0n) is 17.8. The number of hydrogen-bond donors (Lipinski definition) is 1. The molecule has 33 heavy (non-hydrogen) atoms. The van der Waals surface area contributed by atoms with Crippen LogP contribution in [-0.2, 0) is 4.74 Å². The van der Waals surface area contributed by atoms with Crippen molar-refractivity contribution < 1.29 is 14.3 Å². The minimum Gasteiger partial charge on any atom is -0.480 e. The first kappa shape index (κ1) is 19.3. The van der Waals surface area contributed by atoms with Gasteiger partial charge in [0.2, 0.25) is 5.95 Å². The minimum absolute atomic E-state index is 0.210. The molecule has 0 saturated carbocycles. The van der Waals surface area contributed by atoms with Gasteiger partial charge in [0.1, 0.15) is 24.2 Å². The number of hydrogen-bond acceptors (Lipinski definition) is 6. The van der Waals surface area contributed by atoms with Gasteiger partial charge in [-0.3, -0.25) is 0 Å². The molecular formula is C26H20N4O3. The fourth-order valence-corrected chi connectivity index (χ4v) is 4.56. The van der Waals surface area contributed by atoms with Gasteiger partial charge in [-0.2, -0.15) is 10.1 Å². The van der Waals surface area contributed by atoms with Crippen LogP contribution in [0.5, 0.6) is 5.75 Å². The van der Waals surface area contributed by atoms with E-state index < -0.39 is 6.10 Å². The average molecular weight is 436 g/mol. The number of nitrogens with one attached hydrogen (secondary N) is 1. The number of benzene rings is 3. The van der Waals surface area contributed by atoms with Gasteiger partial charge in [-0.15, -0.1) is 0 Å². The molecule has 7 nitrogen and oxygen atoms in total. The molecule has 2 atom stereocenters. The first-order valence-electron chi connectivity index (χ1n) is 10.6. The van der Waals surface area contributed by atoms with Crippen LogP contribution in [0.25, 0.3) is 5.70 Å². The van der Waals surface area contributed by atoms with E-state index in [1.807, 2.05) is 59.3 Å². The van der Waals surface area contributed by atoms with Crippen LogP contribution in [0.3, 0.4) is 0 Å². The first-order chi connectivity index (χ1) is 16.2. The zero-order valence-corrected chi connectivity index (χ0v) is 17.8. The summed E-state index contributed by atoms with van der Waals surface area (Å²) in [5, 5.41) is 8.02. The predicted octanol–water partition coefficient (Wildman–Crippen LogP) is 4.62. The van der Waals surface area contributed by atoms with E-state index in [1.54, 1.807) is 18.5 Å². The Kier molecular flexibility index (Phi) is 4.47.